The fourth-order valence-electron chi connectivity index (χ4n) is 18.0. The van der Waals surface area contributed by atoms with E-state index in [1.165, 1.54) is 199 Å². The lowest BCUT2D eigenvalue weighted by Gasteiger charge is -2.13. The Morgan fingerprint density at radius 1 is 0.161 bits per heavy atom. The third-order valence-corrected chi connectivity index (χ3v) is 22.5. The Morgan fingerprint density at radius 3 is 0.643 bits per heavy atom. The highest BCUT2D eigenvalue weighted by atomic mass is 15.0. The van der Waals surface area contributed by atoms with Crippen LogP contribution < -0.4 is 0 Å². The predicted octanol–water partition coefficient (Wildman–Crippen LogP) is 29.5. The van der Waals surface area contributed by atoms with Crippen molar-refractivity contribution in [3.05, 3.63) is 408 Å². The van der Waals surface area contributed by atoms with Gasteiger partial charge in [-0.25, -0.2) is 0 Å². The number of fused-ring (bicyclic) bond motifs is 24. The van der Waals surface area contributed by atoms with Crippen LogP contribution in [0.5, 0.6) is 0 Å². The zero-order valence-electron chi connectivity index (χ0n) is 65.3. The summed E-state index contributed by atoms with van der Waals surface area (Å²) in [5.41, 5.74) is 37.7. The minimum Gasteiger partial charge on any atom is -0.309 e. The molecule has 544 valence electrons. The molecule has 0 aliphatic heterocycles. The van der Waals surface area contributed by atoms with Crippen molar-refractivity contribution in [2.24, 2.45) is 0 Å². The zero-order valence-corrected chi connectivity index (χ0v) is 65.3. The van der Waals surface area contributed by atoms with Crippen LogP contribution in [-0.2, 0) is 25.7 Å². The van der Waals surface area contributed by atoms with Gasteiger partial charge in [0, 0.05) is 67.3 Å². The molecule has 0 fully saturated rings. The number of nitrogens with zero attached hydrogens (tertiary/aromatic N) is 4. The molecule has 4 aliphatic carbocycles. The highest BCUT2D eigenvalue weighted by Crippen LogP contribution is 2.46. The van der Waals surface area contributed by atoms with Gasteiger partial charge in [0.15, 0.2) is 0 Å². The molecule has 0 atom stereocenters. The van der Waals surface area contributed by atoms with Crippen molar-refractivity contribution in [1.29, 1.82) is 0 Å². The topological polar surface area (TPSA) is 19.7 Å². The van der Waals surface area contributed by atoms with Crippen LogP contribution in [0.25, 0.3) is 154 Å². The average molecular weight is 1450 g/mol. The van der Waals surface area contributed by atoms with Crippen LogP contribution in [0.4, 0.5) is 0 Å². The first kappa shape index (κ1) is 71.6. The maximum Gasteiger partial charge on any atom is 0.0541 e. The lowest BCUT2D eigenvalue weighted by atomic mass is 10.0. The molecule has 0 radical (unpaired) electrons. The highest BCUT2D eigenvalue weighted by Gasteiger charge is 2.27. The van der Waals surface area contributed by atoms with E-state index >= 15 is 0 Å². The number of hydrogen-bond acceptors (Lipinski definition) is 0. The monoisotopic (exact) mass is 1440 g/mol. The summed E-state index contributed by atoms with van der Waals surface area (Å²) in [5.74, 6) is 0. The number of para-hydroxylation sites is 8. The summed E-state index contributed by atoms with van der Waals surface area (Å²) in [7, 11) is 0. The van der Waals surface area contributed by atoms with Crippen LogP contribution in [0.3, 0.4) is 0 Å². The molecular formula is C108H92N4. The lowest BCUT2D eigenvalue weighted by Crippen LogP contribution is -1.98. The SMILES string of the molecule is CC.CC.CC.CC.c1ccc2c(c1)Cc1c-2cccc1-n1c2ccccc2c2ccccc21.c1ccc2c(c1)Cc1c-2cccc1-n1c2ccccc2c2ccccc21.c1ccc2c(c1)Cc1ccc(-n3c4ccccc4c4ccccc43)cc1-2.c1ccc2c(c1)Cc1ccc(-n3c4ccccc4c4ccccc43)cc1-2. The molecule has 0 unspecified atom stereocenters. The summed E-state index contributed by atoms with van der Waals surface area (Å²) in [5, 5.41) is 10.5. The van der Waals surface area contributed by atoms with Gasteiger partial charge in [0.1, 0.15) is 0 Å². The van der Waals surface area contributed by atoms with E-state index in [0.717, 1.165) is 25.7 Å². The first-order valence-electron chi connectivity index (χ1n) is 40.4. The van der Waals surface area contributed by atoms with E-state index in [4.69, 9.17) is 0 Å². The van der Waals surface area contributed by atoms with E-state index in [1.807, 2.05) is 55.4 Å². The van der Waals surface area contributed by atoms with Crippen molar-refractivity contribution < 1.29 is 0 Å². The van der Waals surface area contributed by atoms with Gasteiger partial charge in [-0.2, -0.15) is 0 Å². The second-order valence-corrected chi connectivity index (χ2v) is 28.1. The Labute approximate surface area is 658 Å². The van der Waals surface area contributed by atoms with Crippen molar-refractivity contribution in [3.8, 4) is 67.3 Å². The maximum absolute atomic E-state index is 2.44. The van der Waals surface area contributed by atoms with Gasteiger partial charge in [0.2, 0.25) is 0 Å². The Kier molecular flexibility index (Phi) is 20.1. The van der Waals surface area contributed by atoms with Crippen LogP contribution >= 0.6 is 0 Å². The fourth-order valence-corrected chi connectivity index (χ4v) is 18.0. The zero-order chi connectivity index (χ0) is 76.3. The normalized spacial score (nSPS) is 11.8. The molecule has 112 heavy (non-hydrogen) atoms. The number of hydrogen-bond donors (Lipinski definition) is 0. The molecule has 4 nitrogen and oxygen atoms in total. The van der Waals surface area contributed by atoms with Gasteiger partial charge in [0.05, 0.1) is 55.5 Å². The molecular weight excluding hydrogens is 1350 g/mol. The third kappa shape index (κ3) is 12.3. The summed E-state index contributed by atoms with van der Waals surface area (Å²) in [4.78, 5) is 0. The predicted molar refractivity (Wildman–Crippen MR) is 481 cm³/mol. The molecule has 4 heterocycles. The van der Waals surface area contributed by atoms with Crippen LogP contribution in [0.1, 0.15) is 99.9 Å². The van der Waals surface area contributed by atoms with Gasteiger partial charge in [-0.05, 0) is 187 Å². The Hall–Kier alpha value is -13.3. The van der Waals surface area contributed by atoms with Gasteiger partial charge in [-0.3, -0.25) is 0 Å². The fraction of sp³-hybridized carbons (Fsp3) is 0.111. The van der Waals surface area contributed by atoms with E-state index in [9.17, 15) is 0 Å². The van der Waals surface area contributed by atoms with Crippen molar-refractivity contribution in [2.75, 3.05) is 0 Å². The Balaban J connectivity index is 0.000000105. The maximum atomic E-state index is 2.44. The van der Waals surface area contributed by atoms with E-state index < -0.39 is 0 Å². The standard InChI is InChI=1S/4C25H17N.4C2H6/c2*1-2-9-18-17(8-1)16-22-19(18)12-7-15-25(22)26-23-13-5-3-10-20(23)21-11-4-6-14-24(21)26;2*1-2-8-20-17(7-1)15-18-13-14-19(16-23(18)20)26-24-11-5-3-9-21(24)22-10-4-6-12-25(22)26;4*1-2/h2*1-15H,16H2;2*1-14,16H,15H2;4*1-2H3. The van der Waals surface area contributed by atoms with Crippen molar-refractivity contribution in [3.63, 3.8) is 0 Å². The number of benzene rings is 16. The molecule has 16 aromatic carbocycles. The molecule has 0 amide bonds. The van der Waals surface area contributed by atoms with Crippen LogP contribution in [-0.4, -0.2) is 18.3 Å². The van der Waals surface area contributed by atoms with Gasteiger partial charge in [0.25, 0.3) is 0 Å². The van der Waals surface area contributed by atoms with Crippen LogP contribution in [0, 0.1) is 0 Å². The number of aromatic nitrogens is 4. The average Bonchev–Trinajstić information content (AvgIpc) is 1.59. The largest absolute Gasteiger partial charge is 0.309 e. The van der Waals surface area contributed by atoms with E-state index in [0.29, 0.717) is 0 Å². The molecule has 0 saturated carbocycles. The quantitative estimate of drug-likeness (QED) is 0.167. The van der Waals surface area contributed by atoms with Crippen molar-refractivity contribution in [1.82, 2.24) is 18.3 Å². The molecule has 0 bridgehead atoms. The first-order valence-corrected chi connectivity index (χ1v) is 40.4. The van der Waals surface area contributed by atoms with Gasteiger partial charge in [-0.1, -0.05) is 334 Å². The summed E-state index contributed by atoms with van der Waals surface area (Å²) < 4.78 is 9.67. The van der Waals surface area contributed by atoms with Crippen molar-refractivity contribution >= 4 is 87.2 Å². The molecule has 4 aromatic heterocycles. The molecule has 4 aliphatic rings. The lowest BCUT2D eigenvalue weighted by molar-refractivity contribution is 1.12. The summed E-state index contributed by atoms with van der Waals surface area (Å²) >= 11 is 0. The molecule has 0 saturated heterocycles. The molecule has 0 N–H and O–H groups in total. The van der Waals surface area contributed by atoms with Gasteiger partial charge >= 0.3 is 0 Å². The van der Waals surface area contributed by atoms with Gasteiger partial charge < -0.3 is 18.3 Å². The third-order valence-electron chi connectivity index (χ3n) is 22.5. The molecule has 4 heteroatoms. The summed E-state index contributed by atoms with van der Waals surface area (Å²) in [6.45, 7) is 16.0. The Bertz CT molecular complexity index is 6240. The first-order chi connectivity index (χ1) is 55.6. The molecule has 0 spiro atoms. The second-order valence-electron chi connectivity index (χ2n) is 28.1. The minimum absolute atomic E-state index is 1.00. The second kappa shape index (κ2) is 31.4. The number of rotatable bonds is 4. The van der Waals surface area contributed by atoms with Crippen LogP contribution in [0.2, 0.25) is 0 Å². The highest BCUT2D eigenvalue weighted by molar-refractivity contribution is 6.13. The van der Waals surface area contributed by atoms with Crippen molar-refractivity contribution in [2.45, 2.75) is 81.1 Å². The molecule has 20 aromatic rings. The molecule has 24 rings (SSSR count). The van der Waals surface area contributed by atoms with E-state index in [1.54, 1.807) is 0 Å². The van der Waals surface area contributed by atoms with E-state index in [-0.39, 0.29) is 0 Å². The summed E-state index contributed by atoms with van der Waals surface area (Å²) in [6.07, 6.45) is 4.09. The van der Waals surface area contributed by atoms with Gasteiger partial charge in [-0.15, -0.1) is 0 Å². The summed E-state index contributed by atoms with van der Waals surface area (Å²) in [6, 6.07) is 132. The minimum atomic E-state index is 1.00. The van der Waals surface area contributed by atoms with E-state index in [2.05, 4.69) is 382 Å². The Morgan fingerprint density at radius 2 is 0.366 bits per heavy atom. The smallest absolute Gasteiger partial charge is 0.0541 e. The van der Waals surface area contributed by atoms with Crippen LogP contribution in [0.15, 0.2) is 364 Å².